The van der Waals surface area contributed by atoms with E-state index in [1.807, 2.05) is 0 Å². The van der Waals surface area contributed by atoms with Gasteiger partial charge < -0.3 is 79.6 Å². The topological polar surface area (TPSA) is 355 Å². The van der Waals surface area contributed by atoms with Gasteiger partial charge in [-0.15, -0.1) is 0 Å². The van der Waals surface area contributed by atoms with Crippen molar-refractivity contribution in [1.82, 2.24) is 41.9 Å². The molecule has 9 aliphatic rings. The molecule has 99 heavy (non-hydrogen) atoms. The molecule has 1 aliphatic carbocycles. The van der Waals surface area contributed by atoms with Crippen LogP contribution in [0.2, 0.25) is 0 Å². The van der Waals surface area contributed by atoms with Crippen LogP contribution in [0.1, 0.15) is 127 Å². The lowest BCUT2D eigenvalue weighted by atomic mass is 9.58. The zero-order valence-electron chi connectivity index (χ0n) is 56.7. The minimum atomic E-state index is -3.52. The van der Waals surface area contributed by atoms with Crippen molar-refractivity contribution >= 4 is 51.1 Å². The molecule has 7 N–H and O–H groups in total. The van der Waals surface area contributed by atoms with Gasteiger partial charge in [-0.3, -0.25) is 33.6 Å². The number of hydrogen-bond donors (Lipinski definition) is 7. The number of fused-ring (bicyclic) bond motifs is 7. The van der Waals surface area contributed by atoms with Crippen molar-refractivity contribution < 1.29 is 89.7 Å². The first-order valence-corrected chi connectivity index (χ1v) is 36.9. The van der Waals surface area contributed by atoms with Gasteiger partial charge in [0.05, 0.1) is 111 Å². The van der Waals surface area contributed by atoms with Crippen LogP contribution in [0.5, 0.6) is 0 Å². The van der Waals surface area contributed by atoms with Crippen molar-refractivity contribution in [2.45, 2.75) is 225 Å². The number of sulfone groups is 1. The zero-order chi connectivity index (χ0) is 70.0. The van der Waals surface area contributed by atoms with E-state index in [-0.39, 0.29) is 142 Å². The van der Waals surface area contributed by atoms with Gasteiger partial charge in [0, 0.05) is 114 Å². The van der Waals surface area contributed by atoms with Gasteiger partial charge in [-0.1, -0.05) is 62.3 Å². The molecule has 1 saturated carbocycles. The summed E-state index contributed by atoms with van der Waals surface area (Å²) in [7, 11) is -1.95. The highest BCUT2D eigenvalue weighted by atomic mass is 32.2. The van der Waals surface area contributed by atoms with Crippen molar-refractivity contribution in [3.63, 3.8) is 0 Å². The van der Waals surface area contributed by atoms with Crippen LogP contribution in [-0.4, -0.2) is 221 Å². The number of rotatable bonds is 24. The molecule has 0 radical (unpaired) electrons. The molecular formula is C71H96N8O19S. The van der Waals surface area contributed by atoms with E-state index in [1.165, 1.54) is 12.4 Å². The largest absolute Gasteiger partial charge is 0.391 e. The van der Waals surface area contributed by atoms with E-state index in [0.717, 1.165) is 75.2 Å². The first kappa shape index (κ1) is 73.6. The minimum absolute atomic E-state index is 0.00608. The lowest BCUT2D eigenvalue weighted by Crippen LogP contribution is -2.78. The number of hydrogen-bond acceptors (Lipinski definition) is 21. The van der Waals surface area contributed by atoms with E-state index in [4.69, 9.17) is 42.6 Å². The fourth-order valence-corrected chi connectivity index (χ4v) is 16.3. The van der Waals surface area contributed by atoms with Crippen molar-refractivity contribution in [2.75, 3.05) is 59.3 Å². The summed E-state index contributed by atoms with van der Waals surface area (Å²) in [6.07, 6.45) is 8.89. The number of nitrogens with zero attached hydrogens (tertiary/aromatic N) is 2. The predicted molar refractivity (Wildman–Crippen MR) is 354 cm³/mol. The Hall–Kier alpha value is -6.62. The summed E-state index contributed by atoms with van der Waals surface area (Å²) in [5.41, 5.74) is 3.18. The molecule has 8 aliphatic heterocycles. The number of unbranched alkanes of at least 4 members (excludes halogenated alkanes) is 1. The third kappa shape index (κ3) is 19.1. The molecule has 6 amide bonds. The maximum Gasteiger partial charge on any atom is 0.246 e. The lowest BCUT2D eigenvalue weighted by molar-refractivity contribution is -0.459. The van der Waals surface area contributed by atoms with Crippen LogP contribution in [0.25, 0.3) is 0 Å². The Morgan fingerprint density at radius 2 is 1.45 bits per heavy atom. The average molecular weight is 1400 g/mol. The van der Waals surface area contributed by atoms with Gasteiger partial charge in [-0.05, 0) is 80.4 Å². The fraction of sp³-hybridized carbons (Fsp3) is 0.676. The first-order chi connectivity index (χ1) is 47.6. The van der Waals surface area contributed by atoms with Gasteiger partial charge in [-0.25, -0.2) is 18.4 Å². The van der Waals surface area contributed by atoms with Gasteiger partial charge in [0.25, 0.3) is 0 Å². The monoisotopic (exact) mass is 1400 g/mol. The van der Waals surface area contributed by atoms with Crippen LogP contribution in [0, 0.1) is 35.5 Å². The smallest absolute Gasteiger partial charge is 0.246 e. The highest BCUT2D eigenvalue weighted by molar-refractivity contribution is 7.90. The predicted octanol–water partition coefficient (Wildman–Crippen LogP) is 2.09. The third-order valence-electron chi connectivity index (χ3n) is 20.8. The third-order valence-corrected chi connectivity index (χ3v) is 21.7. The number of benzene rings is 1. The number of Topliss-reactive ketones (excluding diaryl/α,β-unsaturated/α-hetero) is 1. The van der Waals surface area contributed by atoms with E-state index >= 15 is 0 Å². The number of aromatic nitrogens is 2. The van der Waals surface area contributed by atoms with Crippen molar-refractivity contribution in [2.24, 2.45) is 23.7 Å². The Balaban J connectivity index is 0.627. The molecule has 28 heteroatoms. The Kier molecular flexibility index (Phi) is 24.9. The molecule has 27 nitrogen and oxygen atoms in total. The summed E-state index contributed by atoms with van der Waals surface area (Å²) < 4.78 is 82.8. The van der Waals surface area contributed by atoms with Crippen LogP contribution in [-0.2, 0) is 92.5 Å². The molecule has 1 spiro atoms. The Bertz CT molecular complexity index is 3430. The summed E-state index contributed by atoms with van der Waals surface area (Å²) in [6.45, 7) is 9.12. The zero-order valence-corrected chi connectivity index (χ0v) is 57.5. The van der Waals surface area contributed by atoms with E-state index in [9.17, 15) is 47.1 Å². The van der Waals surface area contributed by atoms with E-state index < -0.39 is 108 Å². The van der Waals surface area contributed by atoms with Crippen LogP contribution < -0.4 is 31.9 Å². The Labute approximate surface area is 578 Å². The molecule has 2 unspecified atom stereocenters. The number of aliphatic hydroxyl groups is 1. The summed E-state index contributed by atoms with van der Waals surface area (Å²) in [5.74, 6) is 1.50. The van der Waals surface area contributed by atoms with Gasteiger partial charge in [0.1, 0.15) is 24.5 Å². The summed E-state index contributed by atoms with van der Waals surface area (Å²) in [4.78, 5) is 99.6. The first-order valence-electron chi connectivity index (χ1n) is 35.1. The quantitative estimate of drug-likeness (QED) is 0.0342. The van der Waals surface area contributed by atoms with E-state index in [2.05, 4.69) is 73.8 Å². The molecule has 540 valence electrons. The van der Waals surface area contributed by atoms with Crippen LogP contribution in [0.4, 0.5) is 0 Å². The molecule has 11 rings (SSSR count). The second-order valence-corrected chi connectivity index (χ2v) is 30.0. The number of nitrogens with one attached hydrogen (secondary N) is 6. The van der Waals surface area contributed by atoms with Crippen LogP contribution in [0.3, 0.4) is 0 Å². The molecule has 8 saturated heterocycles. The number of ketones is 1. The van der Waals surface area contributed by atoms with Crippen molar-refractivity contribution in [3.05, 3.63) is 78.2 Å². The standard InChI is InChI=1S/C71H96N8O19S/c1-40-26-47-16-18-53-41(2)27-49(92-53)20-22-71-23-21-50-65-63(66(50)97-71)68(98-71)67-54(96-65)19-17-48(94-67)29-45(80)30-51-56(32-55(93-47)42(40)3)95-57(64(51)90-4)31-46(81)35-73-60(84)37-76-69(87)52(28-43-12-8-6-9-13-43)79-61(85)38-74-59(83)36-75-62(86)39-91-25-24-72-58(82)15-11-7-10-14-44-33-77-70(78-34-44)99(5,88)89/h6,8-9,12-13,33-34,40,46-57,63-68,81H,2-3,7,11,15-32,35-39H2,1,4-5H3,(H,72,82)(H,73,84)(H,74,83)(H,75,86)(H,76,87)(H,79,85)/t40-,46+,47+,48-,49+,50+,51+,52+,53+,54+,55-,56+,57-,63+,64-,65?,66?,67+,68-,71+/m1/s1. The number of carbonyl (C=O) groups is 7. The second-order valence-electron chi connectivity index (χ2n) is 28.1. The Morgan fingerprint density at radius 3 is 2.24 bits per heavy atom. The van der Waals surface area contributed by atoms with Crippen LogP contribution in [0.15, 0.2) is 72.2 Å². The number of methoxy groups -OCH3 is 1. The molecule has 9 bridgehead atoms. The Morgan fingerprint density at radius 1 is 0.737 bits per heavy atom. The molecular weight excluding hydrogens is 1300 g/mol. The maximum atomic E-state index is 14.6. The number of amides is 6. The van der Waals surface area contributed by atoms with Gasteiger partial charge in [-0.2, -0.15) is 0 Å². The van der Waals surface area contributed by atoms with Crippen molar-refractivity contribution in [1.29, 1.82) is 0 Å². The molecule has 1 aromatic carbocycles. The average Bonchev–Trinajstić information content (AvgIpc) is 1.09. The summed E-state index contributed by atoms with van der Waals surface area (Å²) >= 11 is 0. The number of ether oxygens (including phenoxy) is 9. The van der Waals surface area contributed by atoms with Gasteiger partial charge in [0.2, 0.25) is 50.4 Å². The molecule has 1 aromatic heterocycles. The van der Waals surface area contributed by atoms with Crippen LogP contribution >= 0.6 is 0 Å². The SMILES string of the molecule is C=C1C[C@@H]2CC[C@@]34CC[C@H]5C6O[C@H]7CC[C@H](CC(=O)C[C@@H]8[C@@H](OC)[C@@H](C[C@H](O)CNC(=O)CNC(=O)[C@H](Cc9ccccc9)NC(=O)CNC(=O)CNC(=O)COCCNC(=O)CCCC#Cc9cnc(S(C)(=O)=O)nc9)O[C@H]8C[C@H]8O[C@@H](CC[C@@H]1O2)C[C@@H](C)C8=C)O[C@@H]7[C@H](O3)[C@@H]6C5O4. The van der Waals surface area contributed by atoms with E-state index in [0.29, 0.717) is 42.7 Å². The lowest BCUT2D eigenvalue weighted by Gasteiger charge is -2.68. The summed E-state index contributed by atoms with van der Waals surface area (Å²) in [5, 5.41) is 26.6. The second kappa shape index (κ2) is 33.5. The molecule has 9 heterocycles. The number of carbonyl (C=O) groups excluding carboxylic acids is 7. The molecule has 2 aromatic rings. The normalized spacial score (nSPS) is 33.0. The summed E-state index contributed by atoms with van der Waals surface area (Å²) in [6, 6.07) is 7.68. The van der Waals surface area contributed by atoms with Gasteiger partial charge >= 0.3 is 0 Å². The fourth-order valence-electron chi connectivity index (χ4n) is 15.8. The molecule has 9 fully saturated rings. The van der Waals surface area contributed by atoms with Crippen molar-refractivity contribution in [3.8, 4) is 11.8 Å². The van der Waals surface area contributed by atoms with Gasteiger partial charge in [0.15, 0.2) is 5.79 Å². The maximum absolute atomic E-state index is 14.6. The number of aliphatic hydroxyl groups excluding tert-OH is 1. The van der Waals surface area contributed by atoms with E-state index in [1.54, 1.807) is 37.4 Å². The molecule has 20 atom stereocenters. The minimum Gasteiger partial charge on any atom is -0.391 e. The highest BCUT2D eigenvalue weighted by Crippen LogP contribution is 2.60. The highest BCUT2D eigenvalue weighted by Gasteiger charge is 2.70.